The fourth-order valence-electron chi connectivity index (χ4n) is 4.32. The Morgan fingerprint density at radius 1 is 0.857 bits per heavy atom. The molecule has 1 aromatic carbocycles. The third-order valence-electron chi connectivity index (χ3n) is 6.14. The smallest absolute Gasteiger partial charge is 0.317 e. The number of carbonyl (C=O) groups is 2. The van der Waals surface area contributed by atoms with Gasteiger partial charge in [-0.3, -0.25) is 4.79 Å². The number of para-hydroxylation sites is 1. The van der Waals surface area contributed by atoms with Crippen molar-refractivity contribution < 1.29 is 9.59 Å². The van der Waals surface area contributed by atoms with Gasteiger partial charge in [0.25, 0.3) is 0 Å². The minimum Gasteiger partial charge on any atom is -0.371 e. The molecule has 6 heteroatoms. The summed E-state index contributed by atoms with van der Waals surface area (Å²) < 4.78 is 0. The van der Waals surface area contributed by atoms with Gasteiger partial charge in [-0.2, -0.15) is 0 Å². The van der Waals surface area contributed by atoms with E-state index in [1.54, 1.807) is 0 Å². The van der Waals surface area contributed by atoms with E-state index in [-0.39, 0.29) is 17.9 Å². The minimum absolute atomic E-state index is 0.0193. The molecule has 0 bridgehead atoms. The second-order valence-electron chi connectivity index (χ2n) is 8.28. The predicted octanol–water partition coefficient (Wildman–Crippen LogP) is 2.83. The Hall–Kier alpha value is -2.24. The molecule has 3 amide bonds. The van der Waals surface area contributed by atoms with Gasteiger partial charge in [-0.1, -0.05) is 18.2 Å². The highest BCUT2D eigenvalue weighted by Gasteiger charge is 2.34. The van der Waals surface area contributed by atoms with Crippen molar-refractivity contribution in [1.29, 1.82) is 0 Å². The molecular weight excluding hydrogens is 352 g/mol. The van der Waals surface area contributed by atoms with Crippen LogP contribution in [0.3, 0.4) is 0 Å². The quantitative estimate of drug-likeness (QED) is 0.868. The van der Waals surface area contributed by atoms with E-state index >= 15 is 0 Å². The summed E-state index contributed by atoms with van der Waals surface area (Å²) in [6.07, 6.45) is 6.72. The standard InChI is InChI=1S/C22H32N4O2/c27-21(18-9-10-18)25-13-6-14-26(16-15-25)22(28)23-17-19-7-2-3-8-20(19)24-11-4-1-5-12-24/h2-3,7-8,18H,1,4-6,9-17H2,(H,23,28). The highest BCUT2D eigenvalue weighted by molar-refractivity contribution is 5.81. The van der Waals surface area contributed by atoms with Crippen molar-refractivity contribution >= 4 is 17.6 Å². The number of rotatable bonds is 4. The van der Waals surface area contributed by atoms with Gasteiger partial charge in [-0.15, -0.1) is 0 Å². The lowest BCUT2D eigenvalue weighted by Gasteiger charge is -2.31. The number of carbonyl (C=O) groups excluding carboxylic acids is 2. The van der Waals surface area contributed by atoms with Gasteiger partial charge >= 0.3 is 6.03 Å². The van der Waals surface area contributed by atoms with Crippen LogP contribution in [-0.4, -0.2) is 61.0 Å². The summed E-state index contributed by atoms with van der Waals surface area (Å²) in [6, 6.07) is 8.38. The first-order chi connectivity index (χ1) is 13.7. The van der Waals surface area contributed by atoms with Crippen LogP contribution in [0.5, 0.6) is 0 Å². The first-order valence-electron chi connectivity index (χ1n) is 10.9. The van der Waals surface area contributed by atoms with Crippen LogP contribution in [0.2, 0.25) is 0 Å². The van der Waals surface area contributed by atoms with E-state index < -0.39 is 0 Å². The fourth-order valence-corrected chi connectivity index (χ4v) is 4.32. The maximum absolute atomic E-state index is 12.7. The summed E-state index contributed by atoms with van der Waals surface area (Å²) in [7, 11) is 0. The second-order valence-corrected chi connectivity index (χ2v) is 8.28. The molecule has 6 nitrogen and oxygen atoms in total. The van der Waals surface area contributed by atoms with E-state index in [9.17, 15) is 9.59 Å². The van der Waals surface area contributed by atoms with Crippen molar-refractivity contribution in [1.82, 2.24) is 15.1 Å². The molecule has 2 aliphatic heterocycles. The molecule has 0 aromatic heterocycles. The average Bonchev–Trinajstić information content (AvgIpc) is 3.59. The van der Waals surface area contributed by atoms with E-state index in [1.165, 1.54) is 30.5 Å². The Kier molecular flexibility index (Phi) is 6.03. The molecule has 2 heterocycles. The lowest BCUT2D eigenvalue weighted by molar-refractivity contribution is -0.132. The molecule has 0 radical (unpaired) electrons. The zero-order valence-corrected chi connectivity index (χ0v) is 16.7. The van der Waals surface area contributed by atoms with Gasteiger partial charge in [-0.05, 0) is 50.2 Å². The third-order valence-corrected chi connectivity index (χ3v) is 6.14. The van der Waals surface area contributed by atoms with Crippen molar-refractivity contribution in [2.75, 3.05) is 44.2 Å². The van der Waals surface area contributed by atoms with Crippen LogP contribution in [0.1, 0.15) is 44.1 Å². The summed E-state index contributed by atoms with van der Waals surface area (Å²) in [4.78, 5) is 31.3. The molecule has 0 unspecified atom stereocenters. The normalized spacial score (nSPS) is 20.6. The van der Waals surface area contributed by atoms with Crippen molar-refractivity contribution in [2.24, 2.45) is 5.92 Å². The molecule has 1 aromatic rings. The Bertz CT molecular complexity index is 698. The van der Waals surface area contributed by atoms with Crippen LogP contribution < -0.4 is 10.2 Å². The lowest BCUT2D eigenvalue weighted by Crippen LogP contribution is -2.42. The maximum atomic E-state index is 12.7. The van der Waals surface area contributed by atoms with Crippen molar-refractivity contribution in [2.45, 2.75) is 45.1 Å². The molecule has 3 aliphatic rings. The number of hydrogen-bond donors (Lipinski definition) is 1. The molecule has 0 spiro atoms. The molecule has 3 fully saturated rings. The first kappa shape index (κ1) is 19.1. The Labute approximate surface area is 167 Å². The molecule has 1 saturated carbocycles. The fraction of sp³-hybridized carbons (Fsp3) is 0.636. The van der Waals surface area contributed by atoms with Gasteiger partial charge in [-0.25, -0.2) is 4.79 Å². The molecular formula is C22H32N4O2. The number of anilines is 1. The molecule has 152 valence electrons. The summed E-state index contributed by atoms with van der Waals surface area (Å²) >= 11 is 0. The highest BCUT2D eigenvalue weighted by atomic mass is 16.2. The number of nitrogens with one attached hydrogen (secondary N) is 1. The molecule has 1 aliphatic carbocycles. The number of urea groups is 1. The zero-order valence-electron chi connectivity index (χ0n) is 16.7. The number of nitrogens with zero attached hydrogens (tertiary/aromatic N) is 3. The number of piperidine rings is 1. The third kappa shape index (κ3) is 4.59. The van der Waals surface area contributed by atoms with Gasteiger partial charge in [0, 0.05) is 57.4 Å². The minimum atomic E-state index is -0.0193. The van der Waals surface area contributed by atoms with Gasteiger partial charge in [0.15, 0.2) is 0 Å². The maximum Gasteiger partial charge on any atom is 0.317 e. The van der Waals surface area contributed by atoms with E-state index in [0.29, 0.717) is 26.2 Å². The molecule has 2 saturated heterocycles. The van der Waals surface area contributed by atoms with Crippen LogP contribution in [0.4, 0.5) is 10.5 Å². The highest BCUT2D eigenvalue weighted by Crippen LogP contribution is 2.31. The Balaban J connectivity index is 1.31. The summed E-state index contributed by atoms with van der Waals surface area (Å²) in [5, 5.41) is 3.11. The summed E-state index contributed by atoms with van der Waals surface area (Å²) in [5.74, 6) is 0.546. The van der Waals surface area contributed by atoms with Gasteiger partial charge in [0.05, 0.1) is 0 Å². The summed E-state index contributed by atoms with van der Waals surface area (Å²) in [6.45, 7) is 5.52. The second kappa shape index (κ2) is 8.84. The van der Waals surface area contributed by atoms with Crippen LogP contribution in [0.15, 0.2) is 24.3 Å². The van der Waals surface area contributed by atoms with E-state index in [2.05, 4.69) is 28.4 Å². The topological polar surface area (TPSA) is 55.9 Å². The molecule has 0 atom stereocenters. The molecule has 28 heavy (non-hydrogen) atoms. The SMILES string of the molecule is O=C(NCc1ccccc1N1CCCCC1)N1CCCN(C(=O)C2CC2)CC1. The van der Waals surface area contributed by atoms with E-state index in [1.807, 2.05) is 15.9 Å². The predicted molar refractivity (Wildman–Crippen MR) is 110 cm³/mol. The van der Waals surface area contributed by atoms with Gasteiger partial charge in [0.2, 0.25) is 5.91 Å². The van der Waals surface area contributed by atoms with E-state index in [4.69, 9.17) is 0 Å². The van der Waals surface area contributed by atoms with Crippen molar-refractivity contribution in [3.8, 4) is 0 Å². The van der Waals surface area contributed by atoms with E-state index in [0.717, 1.165) is 38.9 Å². The van der Waals surface area contributed by atoms with Crippen molar-refractivity contribution in [3.63, 3.8) is 0 Å². The lowest BCUT2D eigenvalue weighted by atomic mass is 10.1. The average molecular weight is 385 g/mol. The molecule has 1 N–H and O–H groups in total. The van der Waals surface area contributed by atoms with Crippen LogP contribution in [-0.2, 0) is 11.3 Å². The largest absolute Gasteiger partial charge is 0.371 e. The van der Waals surface area contributed by atoms with Crippen molar-refractivity contribution in [3.05, 3.63) is 29.8 Å². The zero-order chi connectivity index (χ0) is 19.3. The van der Waals surface area contributed by atoms with Gasteiger partial charge < -0.3 is 20.0 Å². The summed E-state index contributed by atoms with van der Waals surface area (Å²) in [5.41, 5.74) is 2.43. The first-order valence-corrected chi connectivity index (χ1v) is 10.9. The number of benzene rings is 1. The molecule has 4 rings (SSSR count). The Morgan fingerprint density at radius 3 is 2.36 bits per heavy atom. The number of amides is 3. The van der Waals surface area contributed by atoms with Crippen LogP contribution in [0, 0.1) is 5.92 Å². The number of hydrogen-bond acceptors (Lipinski definition) is 3. The monoisotopic (exact) mass is 384 g/mol. The van der Waals surface area contributed by atoms with Gasteiger partial charge in [0.1, 0.15) is 0 Å². The van der Waals surface area contributed by atoms with Crippen LogP contribution >= 0.6 is 0 Å². The Morgan fingerprint density at radius 2 is 1.57 bits per heavy atom. The van der Waals surface area contributed by atoms with Crippen LogP contribution in [0.25, 0.3) is 0 Å².